The number of thiol groups is 1. The largest absolute Gasteiger partial charge is 0.399 e. The molecule has 0 aliphatic heterocycles. The van der Waals surface area contributed by atoms with Gasteiger partial charge in [-0.3, -0.25) is 0 Å². The number of nitrogens with two attached hydrogens (primary N) is 3. The lowest BCUT2D eigenvalue weighted by molar-refractivity contribution is 1.48. The Morgan fingerprint density at radius 1 is 0.731 bits per heavy atom. The summed E-state index contributed by atoms with van der Waals surface area (Å²) in [6, 6.07) is 24.9. The Morgan fingerprint density at radius 2 is 1.31 bits per heavy atom. The molecule has 26 heavy (non-hydrogen) atoms. The fourth-order valence-electron chi connectivity index (χ4n) is 1.83. The molecule has 0 saturated heterocycles. The maximum absolute atomic E-state index is 5.50. The van der Waals surface area contributed by atoms with Gasteiger partial charge < -0.3 is 17.2 Å². The quantitative estimate of drug-likeness (QED) is 0.243. The number of aromatic nitrogens is 1. The molecular weight excluding hydrogens is 360 g/mol. The Morgan fingerprint density at radius 3 is 1.81 bits per heavy atom. The molecule has 3 aromatic carbocycles. The van der Waals surface area contributed by atoms with E-state index in [0.29, 0.717) is 5.13 Å². The van der Waals surface area contributed by atoms with Gasteiger partial charge in [-0.15, -0.1) is 12.6 Å². The zero-order valence-corrected chi connectivity index (χ0v) is 15.3. The monoisotopic (exact) mass is 384 g/mol. The van der Waals surface area contributed by atoms with Crippen molar-refractivity contribution < 1.29 is 0 Å². The van der Waals surface area contributed by atoms with E-state index < -0.39 is 0 Å². The van der Waals surface area contributed by atoms with Crippen LogP contribution in [0.3, 0.4) is 0 Å². The second-order valence-corrected chi connectivity index (χ2v) is 6.53. The molecule has 0 unspecified atom stereocenters. The van der Waals surface area contributed by atoms with Crippen LogP contribution in [0.1, 0.15) is 7.43 Å². The van der Waals surface area contributed by atoms with E-state index in [2.05, 4.69) is 17.6 Å². The number of rotatable bonds is 0. The van der Waals surface area contributed by atoms with Crippen molar-refractivity contribution in [3.8, 4) is 0 Å². The molecule has 0 radical (unpaired) electrons. The minimum atomic E-state index is 0. The molecule has 4 aromatic rings. The second kappa shape index (κ2) is 11.0. The highest BCUT2D eigenvalue weighted by atomic mass is 32.1. The van der Waals surface area contributed by atoms with Crippen LogP contribution in [0.25, 0.3) is 10.2 Å². The SMILES string of the molecule is C.Nc1ccccc1.Nc1ccccc1S.Nc1nc2ccccc2s1. The predicted octanol–water partition coefficient (Wildman–Crippen LogP) is 5.34. The Balaban J connectivity index is 0.000000195. The van der Waals surface area contributed by atoms with Gasteiger partial charge >= 0.3 is 0 Å². The number of para-hydroxylation sites is 3. The first-order valence-corrected chi connectivity index (χ1v) is 8.77. The number of hydrogen-bond acceptors (Lipinski definition) is 6. The van der Waals surface area contributed by atoms with E-state index in [0.717, 1.165) is 26.5 Å². The number of fused-ring (bicyclic) bond motifs is 1. The van der Waals surface area contributed by atoms with Crippen molar-refractivity contribution in [1.29, 1.82) is 0 Å². The van der Waals surface area contributed by atoms with E-state index in [4.69, 9.17) is 17.2 Å². The van der Waals surface area contributed by atoms with Crippen molar-refractivity contribution in [2.24, 2.45) is 0 Å². The van der Waals surface area contributed by atoms with E-state index in [1.54, 1.807) is 0 Å². The lowest BCUT2D eigenvalue weighted by atomic mass is 10.3. The van der Waals surface area contributed by atoms with Crippen molar-refractivity contribution in [3.63, 3.8) is 0 Å². The number of hydrogen-bond donors (Lipinski definition) is 4. The van der Waals surface area contributed by atoms with Gasteiger partial charge in [-0.2, -0.15) is 0 Å². The molecule has 136 valence electrons. The van der Waals surface area contributed by atoms with Crippen molar-refractivity contribution >= 4 is 50.7 Å². The molecule has 1 heterocycles. The molecule has 4 rings (SSSR count). The van der Waals surface area contributed by atoms with Crippen molar-refractivity contribution in [3.05, 3.63) is 78.9 Å². The lowest BCUT2D eigenvalue weighted by Gasteiger charge is -1.92. The van der Waals surface area contributed by atoms with Crippen LogP contribution in [0, 0.1) is 0 Å². The molecular formula is C20H24N4S2. The van der Waals surface area contributed by atoms with Crippen LogP contribution >= 0.6 is 24.0 Å². The van der Waals surface area contributed by atoms with Gasteiger partial charge in [0.15, 0.2) is 5.13 Å². The summed E-state index contributed by atoms with van der Waals surface area (Å²) in [6.07, 6.45) is 0. The number of benzene rings is 3. The molecule has 0 spiro atoms. The standard InChI is InChI=1S/C7H6N2S.C6H7NS.C6H7N.CH4/c8-7-9-5-3-1-2-4-6(5)10-7;7-5-3-1-2-4-6(5)8;7-6-4-2-1-3-5-6;/h1-4H,(H2,8,9);1-4,8H,7H2;1-5H,7H2;1H4. The van der Waals surface area contributed by atoms with Gasteiger partial charge in [0.2, 0.25) is 0 Å². The molecule has 4 nitrogen and oxygen atoms in total. The fraction of sp³-hybridized carbons (Fsp3) is 0.0500. The molecule has 6 N–H and O–H groups in total. The summed E-state index contributed by atoms with van der Waals surface area (Å²) in [7, 11) is 0. The summed E-state index contributed by atoms with van der Waals surface area (Å²) in [4.78, 5) is 4.95. The summed E-state index contributed by atoms with van der Waals surface area (Å²) < 4.78 is 1.15. The number of anilines is 3. The molecule has 1 aromatic heterocycles. The highest BCUT2D eigenvalue weighted by molar-refractivity contribution is 7.80. The van der Waals surface area contributed by atoms with Crippen molar-refractivity contribution in [1.82, 2.24) is 4.98 Å². The van der Waals surface area contributed by atoms with Crippen LogP contribution < -0.4 is 17.2 Å². The van der Waals surface area contributed by atoms with Crippen LogP contribution in [0.15, 0.2) is 83.8 Å². The Bertz CT molecular complexity index is 854. The maximum Gasteiger partial charge on any atom is 0.181 e. The second-order valence-electron chi connectivity index (χ2n) is 4.99. The summed E-state index contributed by atoms with van der Waals surface area (Å²) in [5.74, 6) is 0. The van der Waals surface area contributed by atoms with Gasteiger partial charge in [0, 0.05) is 16.3 Å². The zero-order chi connectivity index (χ0) is 18.1. The third kappa shape index (κ3) is 7.04. The van der Waals surface area contributed by atoms with E-state index in [1.807, 2.05) is 78.9 Å². The molecule has 0 saturated carbocycles. The first kappa shape index (κ1) is 21.3. The predicted molar refractivity (Wildman–Crippen MR) is 120 cm³/mol. The molecule has 0 fully saturated rings. The Hall–Kier alpha value is -2.70. The lowest BCUT2D eigenvalue weighted by Crippen LogP contribution is -1.83. The normalized spacial score (nSPS) is 9.12. The molecule has 0 atom stereocenters. The highest BCUT2D eigenvalue weighted by Crippen LogP contribution is 2.22. The van der Waals surface area contributed by atoms with Gasteiger partial charge in [-0.25, -0.2) is 4.98 Å². The summed E-state index contributed by atoms with van der Waals surface area (Å²) in [5, 5.41) is 0.640. The van der Waals surface area contributed by atoms with Crippen LogP contribution in [0.4, 0.5) is 16.5 Å². The number of thiazole rings is 1. The zero-order valence-electron chi connectivity index (χ0n) is 13.5. The average Bonchev–Trinajstić information content (AvgIpc) is 2.99. The minimum absolute atomic E-state index is 0. The van der Waals surface area contributed by atoms with Gasteiger partial charge in [0.25, 0.3) is 0 Å². The van der Waals surface area contributed by atoms with Crippen LogP contribution in [-0.4, -0.2) is 4.98 Å². The van der Waals surface area contributed by atoms with Gasteiger partial charge in [0.05, 0.1) is 10.2 Å². The maximum atomic E-state index is 5.50. The van der Waals surface area contributed by atoms with Crippen LogP contribution in [-0.2, 0) is 0 Å². The van der Waals surface area contributed by atoms with E-state index in [-0.39, 0.29) is 7.43 Å². The minimum Gasteiger partial charge on any atom is -0.399 e. The third-order valence-corrected chi connectivity index (χ3v) is 4.32. The van der Waals surface area contributed by atoms with E-state index >= 15 is 0 Å². The molecule has 0 amide bonds. The third-order valence-electron chi connectivity index (χ3n) is 3.05. The van der Waals surface area contributed by atoms with Crippen molar-refractivity contribution in [2.75, 3.05) is 17.2 Å². The molecule has 6 heteroatoms. The molecule has 0 bridgehead atoms. The molecule has 0 aliphatic carbocycles. The summed E-state index contributed by atoms with van der Waals surface area (Å²) >= 11 is 5.59. The van der Waals surface area contributed by atoms with E-state index in [9.17, 15) is 0 Å². The highest BCUT2D eigenvalue weighted by Gasteiger charge is 1.96. The smallest absolute Gasteiger partial charge is 0.181 e. The van der Waals surface area contributed by atoms with E-state index in [1.165, 1.54) is 11.3 Å². The Labute approximate surface area is 164 Å². The number of nitrogen functional groups attached to an aromatic ring is 3. The first-order chi connectivity index (χ1) is 12.1. The summed E-state index contributed by atoms with van der Waals surface area (Å²) in [6.45, 7) is 0. The number of nitrogens with zero attached hydrogens (tertiary/aromatic N) is 1. The first-order valence-electron chi connectivity index (χ1n) is 7.51. The summed E-state index contributed by atoms with van der Waals surface area (Å²) in [5.41, 5.74) is 18.8. The van der Waals surface area contributed by atoms with Gasteiger partial charge in [-0.05, 0) is 36.4 Å². The fourth-order valence-corrected chi connectivity index (χ4v) is 2.73. The van der Waals surface area contributed by atoms with Gasteiger partial charge in [0.1, 0.15) is 0 Å². The Kier molecular flexibility index (Phi) is 9.05. The topological polar surface area (TPSA) is 91.0 Å². The average molecular weight is 385 g/mol. The van der Waals surface area contributed by atoms with Crippen molar-refractivity contribution in [2.45, 2.75) is 12.3 Å². The van der Waals surface area contributed by atoms with Gasteiger partial charge in [-0.1, -0.05) is 61.2 Å². The molecule has 0 aliphatic rings. The van der Waals surface area contributed by atoms with Crippen LogP contribution in [0.2, 0.25) is 0 Å². The van der Waals surface area contributed by atoms with Crippen LogP contribution in [0.5, 0.6) is 0 Å².